The Kier molecular flexibility index (Phi) is 6.24. The van der Waals surface area contributed by atoms with Gasteiger partial charge >= 0.3 is 0 Å². The molecule has 0 amide bonds. The molecule has 2 N–H and O–H groups in total. The number of rotatable bonds is 8. The molecule has 1 rings (SSSR count). The fourth-order valence-electron chi connectivity index (χ4n) is 1.45. The van der Waals surface area contributed by atoms with Crippen LogP contribution >= 0.6 is 11.3 Å². The van der Waals surface area contributed by atoms with Crippen molar-refractivity contribution in [2.45, 2.75) is 30.8 Å². The van der Waals surface area contributed by atoms with E-state index < -0.39 is 10.0 Å². The summed E-state index contributed by atoms with van der Waals surface area (Å²) in [6.07, 6.45) is 0.656. The summed E-state index contributed by atoms with van der Waals surface area (Å²) in [5, 5.41) is 4.66. The summed E-state index contributed by atoms with van der Waals surface area (Å²) in [5.41, 5.74) is 0. The SMILES string of the molecule is CNCc1cc(S(=O)(=O)NC(C)CCOC)cs1. The molecule has 0 aromatic carbocycles. The van der Waals surface area contributed by atoms with Crippen LogP contribution in [0, 0.1) is 0 Å². The molecule has 0 aliphatic rings. The molecule has 1 atom stereocenters. The van der Waals surface area contributed by atoms with Crippen LogP contribution in [0.3, 0.4) is 0 Å². The zero-order valence-electron chi connectivity index (χ0n) is 10.9. The van der Waals surface area contributed by atoms with Crippen LogP contribution in [0.4, 0.5) is 0 Å². The highest BCUT2D eigenvalue weighted by Gasteiger charge is 2.18. The van der Waals surface area contributed by atoms with Crippen molar-refractivity contribution in [2.75, 3.05) is 20.8 Å². The smallest absolute Gasteiger partial charge is 0.241 e. The Balaban J connectivity index is 2.67. The Bertz CT molecular complexity index is 457. The molecule has 0 radical (unpaired) electrons. The average Bonchev–Trinajstić information content (AvgIpc) is 2.75. The minimum absolute atomic E-state index is 0.136. The zero-order valence-corrected chi connectivity index (χ0v) is 12.5. The lowest BCUT2D eigenvalue weighted by atomic mass is 10.3. The van der Waals surface area contributed by atoms with Crippen molar-refractivity contribution in [3.63, 3.8) is 0 Å². The first-order valence-corrected chi connectivity index (χ1v) is 8.09. The molecule has 0 saturated heterocycles. The first kappa shape index (κ1) is 15.6. The van der Waals surface area contributed by atoms with Crippen LogP contribution < -0.4 is 10.0 Å². The van der Waals surface area contributed by atoms with E-state index in [1.165, 1.54) is 11.3 Å². The third-order valence-corrected chi connectivity index (χ3v) is 5.06. The summed E-state index contributed by atoms with van der Waals surface area (Å²) >= 11 is 1.44. The van der Waals surface area contributed by atoms with Crippen LogP contribution in [0.2, 0.25) is 0 Å². The number of hydrogen-bond donors (Lipinski definition) is 2. The number of nitrogens with one attached hydrogen (secondary N) is 2. The summed E-state index contributed by atoms with van der Waals surface area (Å²) in [6.45, 7) is 3.05. The van der Waals surface area contributed by atoms with E-state index in [0.29, 0.717) is 24.5 Å². The molecule has 104 valence electrons. The topological polar surface area (TPSA) is 67.4 Å². The molecule has 18 heavy (non-hydrogen) atoms. The Morgan fingerprint density at radius 1 is 1.50 bits per heavy atom. The quantitative estimate of drug-likeness (QED) is 0.755. The fourth-order valence-corrected chi connectivity index (χ4v) is 4.02. The van der Waals surface area contributed by atoms with Crippen LogP contribution in [0.25, 0.3) is 0 Å². The number of ether oxygens (including phenoxy) is 1. The molecule has 5 nitrogen and oxygen atoms in total. The maximum atomic E-state index is 12.1. The van der Waals surface area contributed by atoms with Crippen molar-refractivity contribution in [3.8, 4) is 0 Å². The fraction of sp³-hybridized carbons (Fsp3) is 0.636. The van der Waals surface area contributed by atoms with E-state index in [0.717, 1.165) is 4.88 Å². The first-order valence-electron chi connectivity index (χ1n) is 5.73. The molecule has 1 heterocycles. The predicted octanol–water partition coefficient (Wildman–Crippen LogP) is 1.17. The molecule has 1 unspecified atom stereocenters. The largest absolute Gasteiger partial charge is 0.385 e. The summed E-state index contributed by atoms with van der Waals surface area (Å²) in [6, 6.07) is 1.56. The van der Waals surface area contributed by atoms with Gasteiger partial charge in [-0.25, -0.2) is 13.1 Å². The van der Waals surface area contributed by atoms with Crippen LogP contribution in [0.5, 0.6) is 0 Å². The van der Waals surface area contributed by atoms with Crippen LogP contribution in [0.15, 0.2) is 16.3 Å². The second-order valence-corrected chi connectivity index (χ2v) is 6.79. The van der Waals surface area contributed by atoms with Gasteiger partial charge in [0.25, 0.3) is 0 Å². The Morgan fingerprint density at radius 3 is 2.83 bits per heavy atom. The molecule has 7 heteroatoms. The van der Waals surface area contributed by atoms with Gasteiger partial charge in [-0.3, -0.25) is 0 Å². The normalized spacial score (nSPS) is 13.7. The number of hydrogen-bond acceptors (Lipinski definition) is 5. The maximum Gasteiger partial charge on any atom is 0.241 e. The van der Waals surface area contributed by atoms with E-state index in [1.54, 1.807) is 18.6 Å². The summed E-state index contributed by atoms with van der Waals surface area (Å²) < 4.78 is 31.7. The van der Waals surface area contributed by atoms with Gasteiger partial charge in [-0.05, 0) is 26.5 Å². The van der Waals surface area contributed by atoms with E-state index in [9.17, 15) is 8.42 Å². The van der Waals surface area contributed by atoms with Crippen LogP contribution in [0.1, 0.15) is 18.2 Å². The molecule has 0 aliphatic carbocycles. The molecular formula is C11H20N2O3S2. The van der Waals surface area contributed by atoms with E-state index in [4.69, 9.17) is 4.74 Å². The number of thiophene rings is 1. The van der Waals surface area contributed by atoms with Gasteiger partial charge in [0, 0.05) is 36.6 Å². The second kappa shape index (κ2) is 7.20. The van der Waals surface area contributed by atoms with Crippen LogP contribution in [-0.2, 0) is 21.3 Å². The molecule has 0 bridgehead atoms. The highest BCUT2D eigenvalue weighted by atomic mass is 32.2. The van der Waals surface area contributed by atoms with Gasteiger partial charge in [0.2, 0.25) is 10.0 Å². The third kappa shape index (κ3) is 4.66. The van der Waals surface area contributed by atoms with Crippen LogP contribution in [-0.4, -0.2) is 35.2 Å². The number of methoxy groups -OCH3 is 1. The van der Waals surface area contributed by atoms with E-state index in [2.05, 4.69) is 10.0 Å². The summed E-state index contributed by atoms with van der Waals surface area (Å²) in [4.78, 5) is 1.34. The van der Waals surface area contributed by atoms with E-state index >= 15 is 0 Å². The van der Waals surface area contributed by atoms with Gasteiger partial charge in [0.05, 0.1) is 4.90 Å². The lowest BCUT2D eigenvalue weighted by Crippen LogP contribution is -2.33. The van der Waals surface area contributed by atoms with Gasteiger partial charge in [0.15, 0.2) is 0 Å². The van der Waals surface area contributed by atoms with Gasteiger partial charge in [-0.15, -0.1) is 11.3 Å². The minimum Gasteiger partial charge on any atom is -0.385 e. The monoisotopic (exact) mass is 292 g/mol. The van der Waals surface area contributed by atoms with Gasteiger partial charge in [-0.1, -0.05) is 0 Å². The first-order chi connectivity index (χ1) is 8.49. The van der Waals surface area contributed by atoms with Crippen molar-refractivity contribution < 1.29 is 13.2 Å². The molecule has 0 saturated carbocycles. The molecular weight excluding hydrogens is 272 g/mol. The minimum atomic E-state index is -3.41. The summed E-state index contributed by atoms with van der Waals surface area (Å²) in [7, 11) is 0.0233. The lowest BCUT2D eigenvalue weighted by molar-refractivity contribution is 0.188. The van der Waals surface area contributed by atoms with Gasteiger partial charge < -0.3 is 10.1 Å². The molecule has 0 aliphatic heterocycles. The Hall–Kier alpha value is -0.470. The predicted molar refractivity (Wildman–Crippen MR) is 73.4 cm³/mol. The van der Waals surface area contributed by atoms with Crippen molar-refractivity contribution in [3.05, 3.63) is 16.3 Å². The third-order valence-electron chi connectivity index (χ3n) is 2.40. The van der Waals surface area contributed by atoms with Crippen molar-refractivity contribution >= 4 is 21.4 Å². The highest BCUT2D eigenvalue weighted by molar-refractivity contribution is 7.89. The Morgan fingerprint density at radius 2 is 2.22 bits per heavy atom. The molecule has 0 spiro atoms. The van der Waals surface area contributed by atoms with E-state index in [-0.39, 0.29) is 6.04 Å². The second-order valence-electron chi connectivity index (χ2n) is 4.08. The Labute approximate surface area is 113 Å². The average molecular weight is 292 g/mol. The van der Waals surface area contributed by atoms with E-state index in [1.807, 2.05) is 14.0 Å². The van der Waals surface area contributed by atoms with Crippen molar-refractivity contribution in [1.82, 2.24) is 10.0 Å². The molecule has 1 aromatic heterocycles. The number of sulfonamides is 1. The van der Waals surface area contributed by atoms with Gasteiger partial charge in [0.1, 0.15) is 0 Å². The zero-order chi connectivity index (χ0) is 13.6. The summed E-state index contributed by atoms with van der Waals surface area (Å²) in [5.74, 6) is 0. The van der Waals surface area contributed by atoms with Crippen molar-refractivity contribution in [1.29, 1.82) is 0 Å². The maximum absolute atomic E-state index is 12.1. The van der Waals surface area contributed by atoms with Gasteiger partial charge in [-0.2, -0.15) is 0 Å². The van der Waals surface area contributed by atoms with Crippen molar-refractivity contribution in [2.24, 2.45) is 0 Å². The molecule has 1 aromatic rings. The highest BCUT2D eigenvalue weighted by Crippen LogP contribution is 2.19. The standard InChI is InChI=1S/C11H20N2O3S2/c1-9(4-5-16-3)13-18(14,15)11-6-10(7-12-2)17-8-11/h6,8-9,12-13H,4-5,7H2,1-3H3. The molecule has 0 fully saturated rings. The lowest BCUT2D eigenvalue weighted by Gasteiger charge is -2.12.